The van der Waals surface area contributed by atoms with Crippen molar-refractivity contribution in [3.05, 3.63) is 107 Å². The zero-order chi connectivity index (χ0) is 22.1. The van der Waals surface area contributed by atoms with Crippen LogP contribution in [0, 0.1) is 0 Å². The largest absolute Gasteiger partial charge is 0.337 e. The van der Waals surface area contributed by atoms with E-state index < -0.39 is 17.5 Å². The van der Waals surface area contributed by atoms with E-state index in [4.69, 9.17) is 16.1 Å². The van der Waals surface area contributed by atoms with Gasteiger partial charge in [-0.05, 0) is 23.3 Å². The first kappa shape index (κ1) is 20.0. The van der Waals surface area contributed by atoms with Gasteiger partial charge in [-0.25, -0.2) is 4.79 Å². The number of urea groups is 1. The van der Waals surface area contributed by atoms with Gasteiger partial charge in [-0.15, -0.1) is 0 Å². The highest BCUT2D eigenvalue weighted by Crippen LogP contribution is 2.36. The SMILES string of the molecule is O=C1NC(c2ccccc2)(c2ccccc2)C(=O)N1Cc1nc(-c2ccccc2Cl)no1. The first-order valence-electron chi connectivity index (χ1n) is 9.92. The molecule has 0 spiro atoms. The molecule has 158 valence electrons. The monoisotopic (exact) mass is 444 g/mol. The lowest BCUT2D eigenvalue weighted by molar-refractivity contribution is -0.130. The van der Waals surface area contributed by atoms with Crippen molar-refractivity contribution < 1.29 is 14.1 Å². The molecule has 1 saturated heterocycles. The summed E-state index contributed by atoms with van der Waals surface area (Å²) in [4.78, 5) is 32.1. The van der Waals surface area contributed by atoms with Gasteiger partial charge in [0.05, 0.1) is 5.02 Å². The highest BCUT2D eigenvalue weighted by Gasteiger charge is 2.54. The molecule has 1 aliphatic heterocycles. The summed E-state index contributed by atoms with van der Waals surface area (Å²) >= 11 is 6.21. The highest BCUT2D eigenvalue weighted by atomic mass is 35.5. The number of hydrogen-bond acceptors (Lipinski definition) is 5. The van der Waals surface area contributed by atoms with Gasteiger partial charge in [-0.3, -0.25) is 9.69 Å². The van der Waals surface area contributed by atoms with Crippen LogP contribution in [-0.4, -0.2) is 27.0 Å². The van der Waals surface area contributed by atoms with Gasteiger partial charge in [-0.1, -0.05) is 89.6 Å². The third-order valence-corrected chi connectivity index (χ3v) is 5.72. The summed E-state index contributed by atoms with van der Waals surface area (Å²) in [6, 6.07) is 24.8. The van der Waals surface area contributed by atoms with Crippen LogP contribution in [0.2, 0.25) is 5.02 Å². The molecule has 3 aromatic carbocycles. The maximum absolute atomic E-state index is 13.7. The van der Waals surface area contributed by atoms with E-state index in [1.807, 2.05) is 66.7 Å². The number of carbonyl (C=O) groups excluding carboxylic acids is 2. The van der Waals surface area contributed by atoms with Crippen molar-refractivity contribution >= 4 is 23.5 Å². The first-order valence-corrected chi connectivity index (χ1v) is 10.3. The fourth-order valence-corrected chi connectivity index (χ4v) is 4.08. The normalized spacial score (nSPS) is 15.1. The molecule has 0 atom stereocenters. The van der Waals surface area contributed by atoms with Crippen LogP contribution in [0.15, 0.2) is 89.5 Å². The van der Waals surface area contributed by atoms with Crippen LogP contribution < -0.4 is 5.32 Å². The predicted molar refractivity (Wildman–Crippen MR) is 117 cm³/mol. The maximum atomic E-state index is 13.7. The maximum Gasteiger partial charge on any atom is 0.326 e. The van der Waals surface area contributed by atoms with Crippen molar-refractivity contribution in [1.82, 2.24) is 20.4 Å². The van der Waals surface area contributed by atoms with Gasteiger partial charge in [-0.2, -0.15) is 4.98 Å². The van der Waals surface area contributed by atoms with Crippen LogP contribution in [0.3, 0.4) is 0 Å². The first-order chi connectivity index (χ1) is 15.6. The molecule has 1 N–H and O–H groups in total. The molecule has 32 heavy (non-hydrogen) atoms. The molecule has 1 aromatic heterocycles. The lowest BCUT2D eigenvalue weighted by Gasteiger charge is -2.27. The summed E-state index contributed by atoms with van der Waals surface area (Å²) in [6.45, 7) is -0.163. The second-order valence-electron chi connectivity index (χ2n) is 7.30. The van der Waals surface area contributed by atoms with E-state index in [1.54, 1.807) is 18.2 Å². The van der Waals surface area contributed by atoms with Crippen molar-refractivity contribution in [2.45, 2.75) is 12.1 Å². The molecule has 2 heterocycles. The quantitative estimate of drug-likeness (QED) is 0.461. The molecule has 8 heteroatoms. The number of amides is 3. The molecule has 7 nitrogen and oxygen atoms in total. The van der Waals surface area contributed by atoms with E-state index in [0.717, 1.165) is 4.90 Å². The number of hydrogen-bond donors (Lipinski definition) is 1. The second kappa shape index (κ2) is 7.94. The van der Waals surface area contributed by atoms with Gasteiger partial charge in [0.1, 0.15) is 6.54 Å². The molecule has 4 aromatic rings. The molecule has 0 unspecified atom stereocenters. The van der Waals surface area contributed by atoms with Crippen molar-refractivity contribution in [3.63, 3.8) is 0 Å². The molecule has 1 fully saturated rings. The van der Waals surface area contributed by atoms with Crippen molar-refractivity contribution in [2.24, 2.45) is 0 Å². The molecule has 0 radical (unpaired) electrons. The number of rotatable bonds is 5. The van der Waals surface area contributed by atoms with Crippen LogP contribution >= 0.6 is 11.6 Å². The standard InChI is InChI=1S/C24H17ClN4O3/c25-19-14-8-7-13-18(19)21-26-20(32-28-21)15-29-22(30)24(27-23(29)31,16-9-3-1-4-10-16)17-11-5-2-6-12-17/h1-14H,15H2,(H,27,31). The summed E-state index contributed by atoms with van der Waals surface area (Å²) in [7, 11) is 0. The third-order valence-electron chi connectivity index (χ3n) is 5.40. The van der Waals surface area contributed by atoms with Crippen LogP contribution in [0.1, 0.15) is 17.0 Å². The fraction of sp³-hybridized carbons (Fsp3) is 0.0833. The second-order valence-corrected chi connectivity index (χ2v) is 7.70. The summed E-state index contributed by atoms with van der Waals surface area (Å²) in [5.74, 6) is -0.00669. The van der Waals surface area contributed by atoms with E-state index in [-0.39, 0.29) is 18.3 Å². The molecule has 0 saturated carbocycles. The molecule has 3 amide bonds. The molecule has 0 aliphatic carbocycles. The van der Waals surface area contributed by atoms with E-state index >= 15 is 0 Å². The summed E-state index contributed by atoms with van der Waals surface area (Å²) in [5.41, 5.74) is 0.582. The number of imide groups is 1. The van der Waals surface area contributed by atoms with Crippen LogP contribution in [0.25, 0.3) is 11.4 Å². The number of aromatic nitrogens is 2. The number of nitrogens with zero attached hydrogens (tertiary/aromatic N) is 3. The van der Waals surface area contributed by atoms with Crippen LogP contribution in [0.5, 0.6) is 0 Å². The van der Waals surface area contributed by atoms with Crippen LogP contribution in [0.4, 0.5) is 4.79 Å². The molecule has 1 aliphatic rings. The van der Waals surface area contributed by atoms with E-state index in [9.17, 15) is 9.59 Å². The minimum Gasteiger partial charge on any atom is -0.337 e. The zero-order valence-electron chi connectivity index (χ0n) is 16.7. The smallest absolute Gasteiger partial charge is 0.326 e. The summed E-state index contributed by atoms with van der Waals surface area (Å²) < 4.78 is 5.32. The Labute approximate surface area is 188 Å². The Morgan fingerprint density at radius 3 is 2.09 bits per heavy atom. The van der Waals surface area contributed by atoms with E-state index in [1.165, 1.54) is 0 Å². The van der Waals surface area contributed by atoms with Gasteiger partial charge < -0.3 is 9.84 Å². The number of nitrogens with one attached hydrogen (secondary N) is 1. The van der Waals surface area contributed by atoms with Gasteiger partial charge in [0.2, 0.25) is 11.7 Å². The Kier molecular flexibility index (Phi) is 4.95. The molecular weight excluding hydrogens is 428 g/mol. The van der Waals surface area contributed by atoms with Crippen molar-refractivity contribution in [2.75, 3.05) is 0 Å². The lowest BCUT2D eigenvalue weighted by Crippen LogP contribution is -2.45. The minimum atomic E-state index is -1.34. The van der Waals surface area contributed by atoms with Crippen molar-refractivity contribution in [3.8, 4) is 11.4 Å². The summed E-state index contributed by atoms with van der Waals surface area (Å²) in [6.07, 6.45) is 0. The minimum absolute atomic E-state index is 0.125. The highest BCUT2D eigenvalue weighted by molar-refractivity contribution is 6.33. The van der Waals surface area contributed by atoms with Gasteiger partial charge in [0.25, 0.3) is 5.91 Å². The predicted octanol–water partition coefficient (Wildman–Crippen LogP) is 4.39. The van der Waals surface area contributed by atoms with Gasteiger partial charge in [0, 0.05) is 5.56 Å². The Morgan fingerprint density at radius 2 is 1.47 bits per heavy atom. The van der Waals surface area contributed by atoms with Crippen molar-refractivity contribution in [1.29, 1.82) is 0 Å². The third kappa shape index (κ3) is 3.23. The van der Waals surface area contributed by atoms with E-state index in [0.29, 0.717) is 21.7 Å². The Morgan fingerprint density at radius 1 is 0.875 bits per heavy atom. The average Bonchev–Trinajstić information content (AvgIpc) is 3.39. The summed E-state index contributed by atoms with van der Waals surface area (Å²) in [5, 5.41) is 7.32. The Hall–Kier alpha value is -3.97. The van der Waals surface area contributed by atoms with Crippen LogP contribution in [-0.2, 0) is 16.9 Å². The Bertz CT molecular complexity index is 1250. The van der Waals surface area contributed by atoms with E-state index in [2.05, 4.69) is 15.5 Å². The molecular formula is C24H17ClN4O3. The topological polar surface area (TPSA) is 88.3 Å². The lowest BCUT2D eigenvalue weighted by atomic mass is 9.82. The number of benzene rings is 3. The zero-order valence-corrected chi connectivity index (χ0v) is 17.5. The fourth-order valence-electron chi connectivity index (χ4n) is 3.86. The average molecular weight is 445 g/mol. The van der Waals surface area contributed by atoms with Gasteiger partial charge >= 0.3 is 6.03 Å². The van der Waals surface area contributed by atoms with Gasteiger partial charge in [0.15, 0.2) is 5.54 Å². The number of halogens is 1. The molecule has 5 rings (SSSR count). The Balaban J connectivity index is 1.50. The number of carbonyl (C=O) groups is 2. The molecule has 0 bridgehead atoms.